The summed E-state index contributed by atoms with van der Waals surface area (Å²) in [6, 6.07) is 8.01. The molecule has 1 aliphatic heterocycles. The number of carbonyl (C=O) groups excluding carboxylic acids is 1. The van der Waals surface area contributed by atoms with Crippen molar-refractivity contribution in [3.63, 3.8) is 0 Å². The second-order valence-electron chi connectivity index (χ2n) is 8.20. The molecular weight excluding hydrogens is 426 g/mol. The summed E-state index contributed by atoms with van der Waals surface area (Å²) in [4.78, 5) is 29.1. The van der Waals surface area contributed by atoms with Crippen LogP contribution in [-0.2, 0) is 4.79 Å². The van der Waals surface area contributed by atoms with Crippen LogP contribution in [0.25, 0.3) is 11.4 Å². The Labute approximate surface area is 193 Å². The van der Waals surface area contributed by atoms with Gasteiger partial charge in [0.25, 0.3) is 0 Å². The summed E-state index contributed by atoms with van der Waals surface area (Å²) in [6.07, 6.45) is 3.58. The van der Waals surface area contributed by atoms with Gasteiger partial charge in [0.2, 0.25) is 11.9 Å². The zero-order chi connectivity index (χ0) is 22.8. The number of nitrogens with one attached hydrogen (secondary N) is 1. The van der Waals surface area contributed by atoms with Crippen LogP contribution < -0.4 is 10.2 Å². The average Bonchev–Trinajstić information content (AvgIpc) is 3.16. The van der Waals surface area contributed by atoms with Crippen LogP contribution in [0.3, 0.4) is 0 Å². The van der Waals surface area contributed by atoms with Crippen molar-refractivity contribution >= 4 is 34.8 Å². The molecule has 1 aliphatic rings. The number of imidazole rings is 1. The van der Waals surface area contributed by atoms with Crippen LogP contribution in [-0.4, -0.2) is 56.5 Å². The highest BCUT2D eigenvalue weighted by Gasteiger charge is 2.20. The van der Waals surface area contributed by atoms with Gasteiger partial charge in [0.15, 0.2) is 0 Å². The van der Waals surface area contributed by atoms with Gasteiger partial charge in [-0.15, -0.1) is 0 Å². The Bertz CT molecular complexity index is 1120. The molecule has 0 radical (unpaired) electrons. The molecule has 168 valence electrons. The third-order valence-corrected chi connectivity index (χ3v) is 5.99. The van der Waals surface area contributed by atoms with E-state index in [0.717, 1.165) is 41.7 Å². The number of amides is 1. The molecule has 0 bridgehead atoms. The van der Waals surface area contributed by atoms with Gasteiger partial charge >= 0.3 is 0 Å². The highest BCUT2D eigenvalue weighted by molar-refractivity contribution is 6.33. The quantitative estimate of drug-likeness (QED) is 0.620. The number of nitrogens with zero attached hydrogens (tertiary/aromatic N) is 6. The minimum atomic E-state index is 0.115. The van der Waals surface area contributed by atoms with E-state index in [9.17, 15) is 4.79 Å². The lowest BCUT2D eigenvalue weighted by Gasteiger charge is -2.36. The van der Waals surface area contributed by atoms with E-state index in [1.165, 1.54) is 0 Å². The van der Waals surface area contributed by atoms with Crippen LogP contribution in [0.4, 0.5) is 17.3 Å². The number of carbonyl (C=O) groups is 1. The van der Waals surface area contributed by atoms with Crippen molar-refractivity contribution in [3.8, 4) is 11.4 Å². The number of halogens is 1. The fraction of sp³-hybridized carbons (Fsp3) is 0.391. The van der Waals surface area contributed by atoms with Crippen molar-refractivity contribution < 1.29 is 4.79 Å². The number of benzene rings is 1. The van der Waals surface area contributed by atoms with Crippen molar-refractivity contribution in [2.75, 3.05) is 36.4 Å². The number of rotatable bonds is 5. The summed E-state index contributed by atoms with van der Waals surface area (Å²) in [6.45, 7) is 10.8. The monoisotopic (exact) mass is 453 g/mol. The molecule has 2 aromatic heterocycles. The number of hydrogen-bond donors (Lipinski definition) is 1. The molecule has 1 amide bonds. The van der Waals surface area contributed by atoms with Crippen LogP contribution in [0, 0.1) is 6.92 Å². The predicted octanol–water partition coefficient (Wildman–Crippen LogP) is 4.29. The molecule has 1 saturated heterocycles. The van der Waals surface area contributed by atoms with E-state index in [0.29, 0.717) is 24.1 Å². The van der Waals surface area contributed by atoms with Gasteiger partial charge in [0, 0.05) is 51.0 Å². The van der Waals surface area contributed by atoms with Crippen LogP contribution in [0.1, 0.15) is 32.6 Å². The minimum absolute atomic E-state index is 0.115. The Morgan fingerprint density at radius 1 is 1.12 bits per heavy atom. The molecule has 0 aliphatic carbocycles. The molecule has 9 heteroatoms. The lowest BCUT2D eigenvalue weighted by atomic mass is 10.2. The second-order valence-corrected chi connectivity index (χ2v) is 8.61. The Balaban J connectivity index is 1.50. The lowest BCUT2D eigenvalue weighted by Crippen LogP contribution is -2.48. The van der Waals surface area contributed by atoms with E-state index < -0.39 is 0 Å². The molecule has 8 nitrogen and oxygen atoms in total. The van der Waals surface area contributed by atoms with E-state index >= 15 is 0 Å². The van der Waals surface area contributed by atoms with E-state index in [4.69, 9.17) is 11.6 Å². The lowest BCUT2D eigenvalue weighted by molar-refractivity contribution is -0.129. The van der Waals surface area contributed by atoms with Gasteiger partial charge in [0.1, 0.15) is 5.82 Å². The van der Waals surface area contributed by atoms with Crippen LogP contribution >= 0.6 is 11.6 Å². The largest absolute Gasteiger partial charge is 0.367 e. The summed E-state index contributed by atoms with van der Waals surface area (Å²) in [5.74, 6) is 1.56. The van der Waals surface area contributed by atoms with Gasteiger partial charge in [-0.25, -0.2) is 15.0 Å². The van der Waals surface area contributed by atoms with E-state index in [1.807, 2.05) is 42.3 Å². The van der Waals surface area contributed by atoms with Crippen molar-refractivity contribution in [3.05, 3.63) is 47.5 Å². The molecule has 1 fully saturated rings. The number of anilines is 3. The molecule has 0 saturated carbocycles. The normalized spacial score (nSPS) is 14.2. The zero-order valence-corrected chi connectivity index (χ0v) is 19.6. The fourth-order valence-electron chi connectivity index (χ4n) is 4.09. The Kier molecular flexibility index (Phi) is 6.32. The first kappa shape index (κ1) is 22.1. The van der Waals surface area contributed by atoms with Gasteiger partial charge in [-0.1, -0.05) is 11.6 Å². The zero-order valence-electron chi connectivity index (χ0n) is 18.8. The molecule has 3 heterocycles. The van der Waals surface area contributed by atoms with Gasteiger partial charge in [-0.05, 0) is 45.0 Å². The predicted molar refractivity (Wildman–Crippen MR) is 128 cm³/mol. The number of aryl methyl sites for hydroxylation is 1. The third kappa shape index (κ3) is 4.55. The maximum Gasteiger partial charge on any atom is 0.227 e. The Morgan fingerprint density at radius 3 is 2.53 bits per heavy atom. The molecule has 1 aromatic carbocycles. The van der Waals surface area contributed by atoms with Crippen LogP contribution in [0.5, 0.6) is 0 Å². The Hall–Kier alpha value is -3.13. The number of aromatic nitrogens is 4. The van der Waals surface area contributed by atoms with E-state index in [2.05, 4.69) is 43.6 Å². The molecule has 3 aromatic rings. The van der Waals surface area contributed by atoms with Gasteiger partial charge in [0.05, 0.1) is 28.3 Å². The number of piperazine rings is 1. The smallest absolute Gasteiger partial charge is 0.227 e. The van der Waals surface area contributed by atoms with E-state index in [-0.39, 0.29) is 11.9 Å². The molecule has 0 unspecified atom stereocenters. The molecule has 32 heavy (non-hydrogen) atoms. The van der Waals surface area contributed by atoms with Gasteiger partial charge in [-0.2, -0.15) is 0 Å². The molecule has 0 spiro atoms. The van der Waals surface area contributed by atoms with Crippen molar-refractivity contribution in [2.45, 2.75) is 33.7 Å². The van der Waals surface area contributed by atoms with Gasteiger partial charge in [-0.3, -0.25) is 4.79 Å². The highest BCUT2D eigenvalue weighted by atomic mass is 35.5. The maximum atomic E-state index is 11.6. The SMILES string of the molecule is CC(=O)N1CCN(c2ccc(Nc3nccc(-c4cnc(C)n4C(C)C)n3)cc2Cl)CC1. The minimum Gasteiger partial charge on any atom is -0.367 e. The molecule has 4 rings (SSSR count). The number of hydrogen-bond acceptors (Lipinski definition) is 6. The first-order valence-electron chi connectivity index (χ1n) is 10.8. The van der Waals surface area contributed by atoms with Crippen molar-refractivity contribution in [1.82, 2.24) is 24.4 Å². The second kappa shape index (κ2) is 9.16. The maximum absolute atomic E-state index is 11.6. The Morgan fingerprint density at radius 2 is 1.88 bits per heavy atom. The van der Waals surface area contributed by atoms with E-state index in [1.54, 1.807) is 13.1 Å². The summed E-state index contributed by atoms with van der Waals surface area (Å²) in [5, 5.41) is 3.90. The summed E-state index contributed by atoms with van der Waals surface area (Å²) < 4.78 is 2.16. The summed E-state index contributed by atoms with van der Waals surface area (Å²) in [5.41, 5.74) is 3.54. The average molecular weight is 454 g/mol. The van der Waals surface area contributed by atoms with Crippen molar-refractivity contribution in [2.24, 2.45) is 0 Å². The molecule has 1 N–H and O–H groups in total. The van der Waals surface area contributed by atoms with Crippen LogP contribution in [0.2, 0.25) is 5.02 Å². The standard InChI is InChI=1S/C23H28ClN7O/c1-15(2)31-16(3)26-14-22(31)20-7-8-25-23(28-20)27-18-5-6-21(19(24)13-18)30-11-9-29(10-12-30)17(4)32/h5-8,13-15H,9-12H2,1-4H3,(H,25,27,28). The van der Waals surface area contributed by atoms with Crippen molar-refractivity contribution in [1.29, 1.82) is 0 Å². The fourth-order valence-corrected chi connectivity index (χ4v) is 4.39. The first-order valence-corrected chi connectivity index (χ1v) is 11.2. The summed E-state index contributed by atoms with van der Waals surface area (Å²) in [7, 11) is 0. The topological polar surface area (TPSA) is 79.2 Å². The van der Waals surface area contributed by atoms with Crippen LogP contribution in [0.15, 0.2) is 36.7 Å². The third-order valence-electron chi connectivity index (χ3n) is 5.69. The molecule has 0 atom stereocenters. The first-order chi connectivity index (χ1) is 15.3. The summed E-state index contributed by atoms with van der Waals surface area (Å²) >= 11 is 6.60. The molecular formula is C23H28ClN7O. The highest BCUT2D eigenvalue weighted by Crippen LogP contribution is 2.31. The van der Waals surface area contributed by atoms with Gasteiger partial charge < -0.3 is 19.7 Å².